The highest BCUT2D eigenvalue weighted by Crippen LogP contribution is 2.33. The number of esters is 1. The van der Waals surface area contributed by atoms with Crippen molar-refractivity contribution < 1.29 is 19.0 Å². The number of hydrogen-bond acceptors (Lipinski definition) is 5. The number of aromatic nitrogens is 1. The Bertz CT molecular complexity index is 829. The number of aliphatic hydroxyl groups excluding tert-OH is 1. The predicted octanol–water partition coefficient (Wildman–Crippen LogP) is 3.51. The molecule has 2 atom stereocenters. The van der Waals surface area contributed by atoms with E-state index >= 15 is 0 Å². The molecule has 118 valence electrons. The average molecular weight is 331 g/mol. The van der Waals surface area contributed by atoms with Crippen LogP contribution in [0.25, 0.3) is 10.1 Å². The predicted molar refractivity (Wildman–Crippen MR) is 86.1 cm³/mol. The van der Waals surface area contributed by atoms with Crippen molar-refractivity contribution in [3.8, 4) is 5.75 Å². The van der Waals surface area contributed by atoms with Gasteiger partial charge in [0.15, 0.2) is 5.75 Å². The Morgan fingerprint density at radius 1 is 1.30 bits per heavy atom. The van der Waals surface area contributed by atoms with Crippen molar-refractivity contribution in [3.05, 3.63) is 59.5 Å². The zero-order valence-electron chi connectivity index (χ0n) is 12.3. The quantitative estimate of drug-likeness (QED) is 0.743. The molecule has 0 fully saturated rings. The summed E-state index contributed by atoms with van der Waals surface area (Å²) in [5, 5.41) is 12.4. The normalized spacial score (nSPS) is 13.7. The summed E-state index contributed by atoms with van der Waals surface area (Å²) < 4.78 is 19.5. The van der Waals surface area contributed by atoms with Crippen LogP contribution in [0.4, 0.5) is 4.39 Å². The number of carbonyl (C=O) groups excluding carboxylic acids is 1. The largest absolute Gasteiger partial charge is 0.424 e. The molecule has 3 rings (SSSR count). The molecule has 0 aliphatic carbocycles. The molecule has 0 bridgehead atoms. The first kappa shape index (κ1) is 15.6. The Kier molecular flexibility index (Phi) is 4.36. The summed E-state index contributed by atoms with van der Waals surface area (Å²) in [4.78, 5) is 16.5. The first-order valence-corrected chi connectivity index (χ1v) is 7.90. The number of aliphatic hydroxyl groups is 1. The second-order valence-electron chi connectivity index (χ2n) is 5.16. The second-order valence-corrected chi connectivity index (χ2v) is 6.07. The summed E-state index contributed by atoms with van der Waals surface area (Å²) in [6, 6.07) is 7.29. The van der Waals surface area contributed by atoms with Crippen molar-refractivity contribution in [1.82, 2.24) is 4.98 Å². The number of thiophene rings is 1. The van der Waals surface area contributed by atoms with Crippen LogP contribution >= 0.6 is 11.3 Å². The molecule has 0 aliphatic rings. The Hall–Kier alpha value is -2.31. The molecule has 3 aromatic rings. The van der Waals surface area contributed by atoms with E-state index in [2.05, 4.69) is 4.98 Å². The molecule has 0 spiro atoms. The van der Waals surface area contributed by atoms with E-state index in [1.54, 1.807) is 17.8 Å². The molecule has 23 heavy (non-hydrogen) atoms. The Balaban J connectivity index is 1.88. The summed E-state index contributed by atoms with van der Waals surface area (Å²) in [5.41, 5.74) is 0.504. The molecule has 4 nitrogen and oxygen atoms in total. The maximum absolute atomic E-state index is 13.0. The van der Waals surface area contributed by atoms with Crippen molar-refractivity contribution in [2.75, 3.05) is 0 Å². The fraction of sp³-hybridized carbons (Fsp3) is 0.176. The second kappa shape index (κ2) is 6.44. The van der Waals surface area contributed by atoms with Crippen molar-refractivity contribution >= 4 is 27.4 Å². The van der Waals surface area contributed by atoms with Crippen LogP contribution in [0.2, 0.25) is 0 Å². The van der Waals surface area contributed by atoms with E-state index in [9.17, 15) is 14.3 Å². The van der Waals surface area contributed by atoms with Crippen LogP contribution in [0, 0.1) is 5.82 Å². The molecule has 0 aliphatic heterocycles. The summed E-state index contributed by atoms with van der Waals surface area (Å²) >= 11 is 1.44. The summed E-state index contributed by atoms with van der Waals surface area (Å²) in [7, 11) is 0. The molecule has 0 saturated heterocycles. The van der Waals surface area contributed by atoms with E-state index in [1.807, 2.05) is 6.07 Å². The first-order chi connectivity index (χ1) is 11.1. The van der Waals surface area contributed by atoms with Crippen molar-refractivity contribution in [1.29, 1.82) is 0 Å². The maximum Gasteiger partial charge on any atom is 0.321 e. The van der Waals surface area contributed by atoms with Crippen LogP contribution in [-0.4, -0.2) is 22.2 Å². The molecule has 2 aromatic heterocycles. The highest BCUT2D eigenvalue weighted by molar-refractivity contribution is 7.17. The monoisotopic (exact) mass is 331 g/mol. The Morgan fingerprint density at radius 3 is 2.74 bits per heavy atom. The number of nitrogens with zero attached hydrogens (tertiary/aromatic N) is 1. The van der Waals surface area contributed by atoms with Gasteiger partial charge >= 0.3 is 5.97 Å². The lowest BCUT2D eigenvalue weighted by atomic mass is 9.94. The summed E-state index contributed by atoms with van der Waals surface area (Å²) in [5.74, 6) is -1.46. The van der Waals surface area contributed by atoms with Gasteiger partial charge in [0.2, 0.25) is 0 Å². The van der Waals surface area contributed by atoms with Crippen molar-refractivity contribution in [2.45, 2.75) is 18.9 Å². The minimum atomic E-state index is -0.962. The Labute approximate surface area is 136 Å². The zero-order chi connectivity index (χ0) is 16.4. The van der Waals surface area contributed by atoms with Gasteiger partial charge in [0.25, 0.3) is 0 Å². The van der Waals surface area contributed by atoms with Crippen LogP contribution in [0.15, 0.2) is 48.1 Å². The minimum Gasteiger partial charge on any atom is -0.424 e. The van der Waals surface area contributed by atoms with Gasteiger partial charge in [-0.15, -0.1) is 11.3 Å². The summed E-state index contributed by atoms with van der Waals surface area (Å²) in [6.45, 7) is 1.50. The number of hydrogen-bond donors (Lipinski definition) is 1. The minimum absolute atomic E-state index is 0.402. The van der Waals surface area contributed by atoms with Gasteiger partial charge in [0.1, 0.15) is 11.7 Å². The van der Waals surface area contributed by atoms with Gasteiger partial charge in [-0.05, 0) is 30.7 Å². The van der Waals surface area contributed by atoms with Crippen LogP contribution in [-0.2, 0) is 4.79 Å². The van der Waals surface area contributed by atoms with Gasteiger partial charge in [0, 0.05) is 22.5 Å². The van der Waals surface area contributed by atoms with Gasteiger partial charge < -0.3 is 9.84 Å². The Morgan fingerprint density at radius 2 is 2.04 bits per heavy atom. The lowest BCUT2D eigenvalue weighted by molar-refractivity contribution is -0.138. The lowest BCUT2D eigenvalue weighted by Gasteiger charge is -2.18. The number of halogens is 1. The SMILES string of the molecule is CC(O)C(C(=O)Oc1csc2ccncc12)c1ccc(F)cc1. The molecule has 0 radical (unpaired) electrons. The average Bonchev–Trinajstić information content (AvgIpc) is 2.92. The highest BCUT2D eigenvalue weighted by Gasteiger charge is 2.28. The third kappa shape index (κ3) is 3.23. The molecule has 0 amide bonds. The van der Waals surface area contributed by atoms with Gasteiger partial charge in [-0.25, -0.2) is 4.39 Å². The van der Waals surface area contributed by atoms with Crippen LogP contribution < -0.4 is 4.74 Å². The van der Waals surface area contributed by atoms with Crippen LogP contribution in [0.3, 0.4) is 0 Å². The number of pyridine rings is 1. The number of fused-ring (bicyclic) bond motifs is 1. The standard InChI is InChI=1S/C17H14FNO3S/c1-10(20)16(11-2-4-12(18)5-3-11)17(21)22-14-9-23-15-6-7-19-8-13(14)15/h2-10,16,20H,1H3. The molecule has 1 N–H and O–H groups in total. The molecular formula is C17H14FNO3S. The number of rotatable bonds is 4. The molecule has 2 unspecified atom stereocenters. The van der Waals surface area contributed by atoms with Gasteiger partial charge in [-0.1, -0.05) is 12.1 Å². The van der Waals surface area contributed by atoms with Gasteiger partial charge in [-0.2, -0.15) is 0 Å². The van der Waals surface area contributed by atoms with E-state index in [4.69, 9.17) is 4.74 Å². The number of ether oxygens (including phenoxy) is 1. The van der Waals surface area contributed by atoms with E-state index < -0.39 is 23.8 Å². The van der Waals surface area contributed by atoms with Crippen molar-refractivity contribution in [2.24, 2.45) is 0 Å². The lowest BCUT2D eigenvalue weighted by Crippen LogP contribution is -2.27. The zero-order valence-corrected chi connectivity index (χ0v) is 13.1. The van der Waals surface area contributed by atoms with E-state index in [1.165, 1.54) is 42.5 Å². The molecule has 6 heteroatoms. The number of carbonyl (C=O) groups is 1. The third-order valence-corrected chi connectivity index (χ3v) is 4.46. The van der Waals surface area contributed by atoms with E-state index in [0.717, 1.165) is 10.1 Å². The molecular weight excluding hydrogens is 317 g/mol. The van der Waals surface area contributed by atoms with Crippen LogP contribution in [0.1, 0.15) is 18.4 Å². The third-order valence-electron chi connectivity index (χ3n) is 3.52. The highest BCUT2D eigenvalue weighted by atomic mass is 32.1. The molecule has 1 aromatic carbocycles. The van der Waals surface area contributed by atoms with Crippen LogP contribution in [0.5, 0.6) is 5.75 Å². The maximum atomic E-state index is 13.0. The fourth-order valence-electron chi connectivity index (χ4n) is 2.38. The van der Waals surface area contributed by atoms with E-state index in [0.29, 0.717) is 11.3 Å². The van der Waals surface area contributed by atoms with Crippen molar-refractivity contribution in [3.63, 3.8) is 0 Å². The number of benzene rings is 1. The fourth-order valence-corrected chi connectivity index (χ4v) is 3.21. The first-order valence-electron chi connectivity index (χ1n) is 7.02. The molecule has 2 heterocycles. The van der Waals surface area contributed by atoms with Gasteiger partial charge in [-0.3, -0.25) is 9.78 Å². The smallest absolute Gasteiger partial charge is 0.321 e. The summed E-state index contributed by atoms with van der Waals surface area (Å²) in [6.07, 6.45) is 2.33. The topological polar surface area (TPSA) is 59.4 Å². The van der Waals surface area contributed by atoms with Gasteiger partial charge in [0.05, 0.1) is 11.5 Å². The molecule has 0 saturated carbocycles. The van der Waals surface area contributed by atoms with E-state index in [-0.39, 0.29) is 0 Å².